The Morgan fingerprint density at radius 2 is 1.90 bits per heavy atom. The van der Waals surface area contributed by atoms with E-state index in [-0.39, 0.29) is 12.5 Å². The van der Waals surface area contributed by atoms with Gasteiger partial charge in [0.1, 0.15) is 5.75 Å². The summed E-state index contributed by atoms with van der Waals surface area (Å²) in [6.45, 7) is 6.89. The van der Waals surface area contributed by atoms with Crippen LogP contribution in [0.25, 0.3) is 0 Å². The Kier molecular flexibility index (Phi) is 7.53. The Morgan fingerprint density at radius 3 is 2.48 bits per heavy atom. The molecule has 0 radical (unpaired) electrons. The van der Waals surface area contributed by atoms with Crippen LogP contribution in [0.4, 0.5) is 0 Å². The molecule has 0 bridgehead atoms. The van der Waals surface area contributed by atoms with Crippen molar-refractivity contribution >= 4 is 23.2 Å². The van der Waals surface area contributed by atoms with Crippen LogP contribution in [-0.4, -0.2) is 24.2 Å². The second-order valence-corrected chi connectivity index (χ2v) is 5.11. The van der Waals surface area contributed by atoms with Crippen molar-refractivity contribution in [2.45, 2.75) is 33.1 Å². The fraction of sp³-hybridized carbons (Fsp3) is 0.467. The number of hydrogen-bond acceptors (Lipinski definition) is 3. The third-order valence-corrected chi connectivity index (χ3v) is 3.33. The molecule has 0 saturated carbocycles. The van der Waals surface area contributed by atoms with E-state index in [1.165, 1.54) is 5.56 Å². The van der Waals surface area contributed by atoms with Crippen molar-refractivity contribution in [1.29, 1.82) is 0 Å². The summed E-state index contributed by atoms with van der Waals surface area (Å²) in [6.07, 6.45) is 1.10. The van der Waals surface area contributed by atoms with Crippen molar-refractivity contribution in [2.24, 2.45) is 0 Å². The number of carbonyl (C=O) groups is 1. The first-order chi connectivity index (χ1) is 10.1. The second-order valence-electron chi connectivity index (χ2n) is 4.70. The van der Waals surface area contributed by atoms with Gasteiger partial charge in [-0.2, -0.15) is 0 Å². The molecular formula is C15H23N3O2S. The first-order valence-corrected chi connectivity index (χ1v) is 7.53. The van der Waals surface area contributed by atoms with Crippen molar-refractivity contribution < 1.29 is 9.53 Å². The van der Waals surface area contributed by atoms with Crippen LogP contribution in [-0.2, 0) is 4.79 Å². The first-order valence-electron chi connectivity index (χ1n) is 7.12. The molecule has 1 rings (SSSR count). The van der Waals surface area contributed by atoms with Crippen molar-refractivity contribution in [1.82, 2.24) is 16.2 Å². The van der Waals surface area contributed by atoms with Crippen molar-refractivity contribution in [3.05, 3.63) is 29.8 Å². The molecule has 0 aliphatic carbocycles. The number of nitrogens with one attached hydrogen (secondary N) is 3. The van der Waals surface area contributed by atoms with E-state index in [0.717, 1.165) is 6.42 Å². The Labute approximate surface area is 131 Å². The van der Waals surface area contributed by atoms with Crippen molar-refractivity contribution in [3.63, 3.8) is 0 Å². The van der Waals surface area contributed by atoms with Crippen LogP contribution in [0, 0.1) is 0 Å². The zero-order chi connectivity index (χ0) is 15.7. The largest absolute Gasteiger partial charge is 0.484 e. The number of carbonyl (C=O) groups excluding carboxylic acids is 1. The van der Waals surface area contributed by atoms with Crippen LogP contribution >= 0.6 is 12.2 Å². The smallest absolute Gasteiger partial charge is 0.276 e. The van der Waals surface area contributed by atoms with Gasteiger partial charge >= 0.3 is 0 Å². The summed E-state index contributed by atoms with van der Waals surface area (Å²) in [6, 6.07) is 7.82. The number of rotatable bonds is 6. The summed E-state index contributed by atoms with van der Waals surface area (Å²) in [4.78, 5) is 11.6. The second kappa shape index (κ2) is 9.18. The summed E-state index contributed by atoms with van der Waals surface area (Å²) < 4.78 is 5.41. The molecule has 1 unspecified atom stereocenters. The molecule has 3 N–H and O–H groups in total. The summed E-state index contributed by atoms with van der Waals surface area (Å²) in [5, 5.41) is 3.24. The van der Waals surface area contributed by atoms with Gasteiger partial charge in [-0.1, -0.05) is 26.0 Å². The highest BCUT2D eigenvalue weighted by atomic mass is 32.1. The van der Waals surface area contributed by atoms with Crippen molar-refractivity contribution in [3.8, 4) is 5.75 Å². The molecule has 0 spiro atoms. The molecule has 0 fully saturated rings. The highest BCUT2D eigenvalue weighted by Crippen LogP contribution is 2.21. The fourth-order valence-corrected chi connectivity index (χ4v) is 1.84. The van der Waals surface area contributed by atoms with E-state index in [2.05, 4.69) is 30.0 Å². The molecule has 0 aromatic heterocycles. The van der Waals surface area contributed by atoms with Crippen LogP contribution in [0.2, 0.25) is 0 Å². The Bertz CT molecular complexity index is 462. The third kappa shape index (κ3) is 6.44. The normalized spacial score (nSPS) is 11.4. The van der Waals surface area contributed by atoms with Gasteiger partial charge in [-0.05, 0) is 49.2 Å². The van der Waals surface area contributed by atoms with Gasteiger partial charge in [0.15, 0.2) is 11.7 Å². The van der Waals surface area contributed by atoms with Gasteiger partial charge < -0.3 is 10.1 Å². The summed E-state index contributed by atoms with van der Waals surface area (Å²) >= 11 is 4.92. The van der Waals surface area contributed by atoms with Gasteiger partial charge in [0.2, 0.25) is 0 Å². The number of hydrogen-bond donors (Lipinski definition) is 3. The van der Waals surface area contributed by atoms with E-state index in [1.807, 2.05) is 31.2 Å². The molecular weight excluding hydrogens is 286 g/mol. The molecule has 116 valence electrons. The molecule has 1 aromatic carbocycles. The molecule has 1 atom stereocenters. The molecule has 0 heterocycles. The minimum absolute atomic E-state index is 0.0651. The van der Waals surface area contributed by atoms with Gasteiger partial charge in [0.25, 0.3) is 5.91 Å². The standard InChI is InChI=1S/C15H23N3O2S/c1-4-11(3)12-6-8-13(9-7-12)20-10-14(19)17-18-15(21)16-5-2/h6-9,11H,4-5,10H2,1-3H3,(H,17,19)(H2,16,18,21). The van der Waals surface area contributed by atoms with Crippen LogP contribution < -0.4 is 20.9 Å². The zero-order valence-corrected chi connectivity index (χ0v) is 13.5. The average Bonchev–Trinajstić information content (AvgIpc) is 2.51. The van der Waals surface area contributed by atoms with Gasteiger partial charge in [-0.3, -0.25) is 15.6 Å². The van der Waals surface area contributed by atoms with Gasteiger partial charge in [-0.25, -0.2) is 0 Å². The third-order valence-electron chi connectivity index (χ3n) is 3.08. The topological polar surface area (TPSA) is 62.4 Å². The Hall–Kier alpha value is -1.82. The van der Waals surface area contributed by atoms with Crippen LogP contribution in [0.3, 0.4) is 0 Å². The minimum atomic E-state index is -0.291. The molecule has 5 nitrogen and oxygen atoms in total. The van der Waals surface area contributed by atoms with Gasteiger partial charge in [0.05, 0.1) is 0 Å². The number of benzene rings is 1. The summed E-state index contributed by atoms with van der Waals surface area (Å²) in [5.41, 5.74) is 6.32. The summed E-state index contributed by atoms with van der Waals surface area (Å²) in [7, 11) is 0. The average molecular weight is 309 g/mol. The quantitative estimate of drug-likeness (QED) is 0.555. The van der Waals surface area contributed by atoms with Gasteiger partial charge in [0, 0.05) is 6.54 Å². The van der Waals surface area contributed by atoms with E-state index in [0.29, 0.717) is 23.3 Å². The first kappa shape index (κ1) is 17.2. The maximum absolute atomic E-state index is 11.6. The van der Waals surface area contributed by atoms with E-state index >= 15 is 0 Å². The highest BCUT2D eigenvalue weighted by Gasteiger charge is 2.05. The van der Waals surface area contributed by atoms with E-state index in [9.17, 15) is 4.79 Å². The summed E-state index contributed by atoms with van der Waals surface area (Å²) in [5.74, 6) is 0.909. The monoisotopic (exact) mass is 309 g/mol. The lowest BCUT2D eigenvalue weighted by Crippen LogP contribution is -2.48. The Balaban J connectivity index is 2.34. The molecule has 0 saturated heterocycles. The van der Waals surface area contributed by atoms with E-state index in [1.54, 1.807) is 0 Å². The lowest BCUT2D eigenvalue weighted by Gasteiger charge is -2.12. The maximum Gasteiger partial charge on any atom is 0.276 e. The van der Waals surface area contributed by atoms with Gasteiger partial charge in [-0.15, -0.1) is 0 Å². The van der Waals surface area contributed by atoms with Crippen LogP contribution in [0.1, 0.15) is 38.7 Å². The SMILES string of the molecule is CCNC(=S)NNC(=O)COc1ccc(C(C)CC)cc1. The lowest BCUT2D eigenvalue weighted by molar-refractivity contribution is -0.123. The number of thiocarbonyl (C=S) groups is 1. The number of amides is 1. The molecule has 1 amide bonds. The van der Waals surface area contributed by atoms with E-state index in [4.69, 9.17) is 17.0 Å². The minimum Gasteiger partial charge on any atom is -0.484 e. The van der Waals surface area contributed by atoms with Crippen molar-refractivity contribution in [2.75, 3.05) is 13.2 Å². The predicted octanol–water partition coefficient (Wildman–Crippen LogP) is 2.09. The number of hydrazine groups is 1. The zero-order valence-electron chi connectivity index (χ0n) is 12.7. The molecule has 0 aliphatic rings. The maximum atomic E-state index is 11.6. The lowest BCUT2D eigenvalue weighted by atomic mass is 9.99. The van der Waals surface area contributed by atoms with Crippen LogP contribution in [0.15, 0.2) is 24.3 Å². The molecule has 0 aliphatic heterocycles. The highest BCUT2D eigenvalue weighted by molar-refractivity contribution is 7.80. The number of ether oxygens (including phenoxy) is 1. The molecule has 6 heteroatoms. The Morgan fingerprint density at radius 1 is 1.24 bits per heavy atom. The molecule has 21 heavy (non-hydrogen) atoms. The predicted molar refractivity (Wildman–Crippen MR) is 88.2 cm³/mol. The van der Waals surface area contributed by atoms with E-state index < -0.39 is 0 Å². The molecule has 1 aromatic rings. The van der Waals surface area contributed by atoms with Crippen LogP contribution in [0.5, 0.6) is 5.75 Å². The fourth-order valence-electron chi connectivity index (χ4n) is 1.64.